The van der Waals surface area contributed by atoms with Gasteiger partial charge in [-0.15, -0.1) is 11.3 Å². The lowest BCUT2D eigenvalue weighted by atomic mass is 10.2. The highest BCUT2D eigenvalue weighted by Gasteiger charge is 2.18. The number of amides is 2. The van der Waals surface area contributed by atoms with Gasteiger partial charge in [0.2, 0.25) is 0 Å². The van der Waals surface area contributed by atoms with Crippen LogP contribution in [0.2, 0.25) is 0 Å². The number of nitrogens with zero attached hydrogens (tertiary/aromatic N) is 1. The van der Waals surface area contributed by atoms with E-state index in [1.807, 2.05) is 54.6 Å². The standard InChI is InChI=1S/C16H14N2O3S2/c17-16(19)18(20)10-14-15(12-8-4-5-9-13(12)22-14)23-21-11-6-2-1-3-7-11/h1-9,20H,10H2,(H2,17,19). The molecule has 7 heteroatoms. The Hall–Kier alpha value is -2.22. The van der Waals surface area contributed by atoms with Crippen LogP contribution in [-0.2, 0) is 6.54 Å². The Bertz CT molecular complexity index is 821. The van der Waals surface area contributed by atoms with Gasteiger partial charge in [-0.05, 0) is 18.2 Å². The lowest BCUT2D eigenvalue weighted by Crippen LogP contribution is -2.31. The van der Waals surface area contributed by atoms with E-state index in [4.69, 9.17) is 9.92 Å². The lowest BCUT2D eigenvalue weighted by Gasteiger charge is -2.12. The summed E-state index contributed by atoms with van der Waals surface area (Å²) in [6, 6.07) is 16.4. The predicted molar refractivity (Wildman–Crippen MR) is 91.7 cm³/mol. The summed E-state index contributed by atoms with van der Waals surface area (Å²) in [6.07, 6.45) is 0. The molecule has 3 aromatic rings. The fourth-order valence-corrected chi connectivity index (χ4v) is 4.14. The van der Waals surface area contributed by atoms with Gasteiger partial charge in [-0.2, -0.15) is 0 Å². The molecule has 118 valence electrons. The van der Waals surface area contributed by atoms with E-state index in [9.17, 15) is 10.0 Å². The fraction of sp³-hybridized carbons (Fsp3) is 0.0625. The van der Waals surface area contributed by atoms with Gasteiger partial charge in [0.15, 0.2) is 0 Å². The normalized spacial score (nSPS) is 10.7. The number of hydrogen-bond donors (Lipinski definition) is 2. The molecule has 0 bridgehead atoms. The van der Waals surface area contributed by atoms with Crippen molar-refractivity contribution in [3.63, 3.8) is 0 Å². The zero-order valence-electron chi connectivity index (χ0n) is 12.0. The lowest BCUT2D eigenvalue weighted by molar-refractivity contribution is -0.0467. The van der Waals surface area contributed by atoms with Gasteiger partial charge < -0.3 is 9.92 Å². The molecule has 0 radical (unpaired) electrons. The van der Waals surface area contributed by atoms with Crippen molar-refractivity contribution in [1.82, 2.24) is 5.06 Å². The van der Waals surface area contributed by atoms with Gasteiger partial charge >= 0.3 is 6.03 Å². The molecule has 3 N–H and O–H groups in total. The highest BCUT2D eigenvalue weighted by Crippen LogP contribution is 2.39. The van der Waals surface area contributed by atoms with Crippen LogP contribution in [0.5, 0.6) is 5.75 Å². The predicted octanol–water partition coefficient (Wildman–Crippen LogP) is 4.26. The van der Waals surface area contributed by atoms with Crippen LogP contribution in [0.15, 0.2) is 59.5 Å². The Morgan fingerprint density at radius 3 is 2.61 bits per heavy atom. The molecule has 1 aromatic heterocycles. The molecule has 0 spiro atoms. The molecule has 1 heterocycles. The molecule has 0 atom stereocenters. The summed E-state index contributed by atoms with van der Waals surface area (Å²) in [6.45, 7) is 0.0230. The first-order valence-corrected chi connectivity index (χ1v) is 8.37. The number of hydrogen-bond acceptors (Lipinski definition) is 5. The van der Waals surface area contributed by atoms with Gasteiger partial charge in [0.25, 0.3) is 0 Å². The fourth-order valence-electron chi connectivity index (χ4n) is 2.05. The van der Waals surface area contributed by atoms with Crippen molar-refractivity contribution in [1.29, 1.82) is 0 Å². The second kappa shape index (κ2) is 6.91. The molecule has 3 rings (SSSR count). The molecular weight excluding hydrogens is 332 g/mol. The summed E-state index contributed by atoms with van der Waals surface area (Å²) in [7, 11) is 0. The summed E-state index contributed by atoms with van der Waals surface area (Å²) >= 11 is 2.71. The molecule has 0 aliphatic heterocycles. The number of hydroxylamine groups is 2. The molecule has 5 nitrogen and oxygen atoms in total. The minimum atomic E-state index is -0.887. The Morgan fingerprint density at radius 2 is 1.87 bits per heavy atom. The molecule has 0 saturated carbocycles. The number of primary amides is 1. The van der Waals surface area contributed by atoms with Gasteiger partial charge in [0.1, 0.15) is 5.75 Å². The van der Waals surface area contributed by atoms with Crippen LogP contribution in [0, 0.1) is 0 Å². The number of carbonyl (C=O) groups excluding carboxylic acids is 1. The molecule has 0 aliphatic rings. The van der Waals surface area contributed by atoms with E-state index in [1.165, 1.54) is 23.4 Å². The number of nitrogens with two attached hydrogens (primary N) is 1. The van der Waals surface area contributed by atoms with Crippen LogP contribution in [0.25, 0.3) is 10.1 Å². The minimum Gasteiger partial charge on any atom is -0.421 e. The van der Waals surface area contributed by atoms with Gasteiger partial charge in [-0.25, -0.2) is 9.86 Å². The van der Waals surface area contributed by atoms with E-state index in [0.717, 1.165) is 25.6 Å². The van der Waals surface area contributed by atoms with E-state index in [0.29, 0.717) is 5.06 Å². The zero-order chi connectivity index (χ0) is 16.2. The SMILES string of the molecule is NC(=O)N(O)Cc1sc2ccccc2c1SOc1ccccc1. The van der Waals surface area contributed by atoms with Crippen LogP contribution >= 0.6 is 23.4 Å². The van der Waals surface area contributed by atoms with Gasteiger partial charge in [-0.1, -0.05) is 36.4 Å². The molecule has 0 saturated heterocycles. The average Bonchev–Trinajstić information content (AvgIpc) is 2.91. The summed E-state index contributed by atoms with van der Waals surface area (Å²) in [4.78, 5) is 12.8. The van der Waals surface area contributed by atoms with E-state index >= 15 is 0 Å². The Labute approximate surface area is 141 Å². The van der Waals surface area contributed by atoms with Crippen molar-refractivity contribution in [3.05, 3.63) is 59.5 Å². The van der Waals surface area contributed by atoms with Crippen molar-refractivity contribution in [3.8, 4) is 5.75 Å². The quantitative estimate of drug-likeness (QED) is 0.411. The first-order chi connectivity index (χ1) is 11.1. The maximum Gasteiger partial charge on any atom is 0.338 e. The van der Waals surface area contributed by atoms with E-state index in [2.05, 4.69) is 0 Å². The molecule has 0 aliphatic carbocycles. The number of fused-ring (bicyclic) bond motifs is 1. The first kappa shape index (κ1) is 15.7. The maximum absolute atomic E-state index is 11.1. The number of thiophene rings is 1. The summed E-state index contributed by atoms with van der Waals surface area (Å²) in [5, 5.41) is 11.1. The van der Waals surface area contributed by atoms with Crippen molar-refractivity contribution in [2.45, 2.75) is 11.4 Å². The van der Waals surface area contributed by atoms with Crippen LogP contribution in [0.1, 0.15) is 4.88 Å². The summed E-state index contributed by atoms with van der Waals surface area (Å²) in [5.74, 6) is 0.731. The molecule has 2 amide bonds. The summed E-state index contributed by atoms with van der Waals surface area (Å²) < 4.78 is 6.80. The number of rotatable bonds is 5. The van der Waals surface area contributed by atoms with Crippen molar-refractivity contribution >= 4 is 39.5 Å². The summed E-state index contributed by atoms with van der Waals surface area (Å²) in [5.41, 5.74) is 5.10. The number of urea groups is 1. The molecule has 2 aromatic carbocycles. The molecular formula is C16H14N2O3S2. The second-order valence-corrected chi connectivity index (χ2v) is 6.60. The third kappa shape index (κ3) is 3.58. The van der Waals surface area contributed by atoms with Gasteiger partial charge in [0, 0.05) is 15.0 Å². The molecule has 0 unspecified atom stereocenters. The third-order valence-electron chi connectivity index (χ3n) is 3.13. The number of benzene rings is 2. The van der Waals surface area contributed by atoms with E-state index in [-0.39, 0.29) is 6.54 Å². The monoisotopic (exact) mass is 346 g/mol. The zero-order valence-corrected chi connectivity index (χ0v) is 13.6. The topological polar surface area (TPSA) is 75.8 Å². The van der Waals surface area contributed by atoms with Gasteiger partial charge in [-0.3, -0.25) is 5.21 Å². The second-order valence-electron chi connectivity index (χ2n) is 4.73. The highest BCUT2D eigenvalue weighted by molar-refractivity contribution is 7.95. The van der Waals surface area contributed by atoms with Crippen LogP contribution < -0.4 is 9.92 Å². The Kier molecular flexibility index (Phi) is 4.71. The van der Waals surface area contributed by atoms with E-state index < -0.39 is 6.03 Å². The van der Waals surface area contributed by atoms with Crippen LogP contribution in [0.3, 0.4) is 0 Å². The van der Waals surface area contributed by atoms with Crippen LogP contribution in [-0.4, -0.2) is 16.3 Å². The third-order valence-corrected chi connectivity index (χ3v) is 5.32. The largest absolute Gasteiger partial charge is 0.421 e. The van der Waals surface area contributed by atoms with Crippen molar-refractivity contribution in [2.75, 3.05) is 0 Å². The first-order valence-electron chi connectivity index (χ1n) is 6.81. The maximum atomic E-state index is 11.1. The average molecular weight is 346 g/mol. The highest BCUT2D eigenvalue weighted by atomic mass is 32.2. The van der Waals surface area contributed by atoms with Gasteiger partial charge in [0.05, 0.1) is 23.5 Å². The number of carbonyl (C=O) groups is 1. The smallest absolute Gasteiger partial charge is 0.338 e. The van der Waals surface area contributed by atoms with Crippen molar-refractivity contribution < 1.29 is 14.2 Å². The Morgan fingerprint density at radius 1 is 1.17 bits per heavy atom. The minimum absolute atomic E-state index is 0.0230. The molecule has 23 heavy (non-hydrogen) atoms. The molecule has 0 fully saturated rings. The number of para-hydroxylation sites is 1. The van der Waals surface area contributed by atoms with Crippen LogP contribution in [0.4, 0.5) is 4.79 Å². The van der Waals surface area contributed by atoms with Crippen molar-refractivity contribution in [2.24, 2.45) is 5.73 Å². The van der Waals surface area contributed by atoms with E-state index in [1.54, 1.807) is 0 Å². The Balaban J connectivity index is 1.91.